The lowest BCUT2D eigenvalue weighted by Gasteiger charge is -2.05. The molecule has 96 valence electrons. The molecule has 1 rings (SSSR count). The SMILES string of the molecule is CCOC(=O)c1[nH]c(CC(C)C)c(CC)c1C. The molecular weight excluding hydrogens is 214 g/mol. The van der Waals surface area contributed by atoms with Gasteiger partial charge >= 0.3 is 5.97 Å². The van der Waals surface area contributed by atoms with Crippen LogP contribution in [0.3, 0.4) is 0 Å². The minimum Gasteiger partial charge on any atom is -0.461 e. The first-order chi connectivity index (χ1) is 8.01. The predicted molar refractivity (Wildman–Crippen MR) is 69.4 cm³/mol. The molecule has 3 heteroatoms. The second kappa shape index (κ2) is 5.89. The van der Waals surface area contributed by atoms with Crippen molar-refractivity contribution in [2.45, 2.75) is 47.5 Å². The van der Waals surface area contributed by atoms with Crippen LogP contribution in [0.5, 0.6) is 0 Å². The molecule has 0 saturated heterocycles. The summed E-state index contributed by atoms with van der Waals surface area (Å²) in [7, 11) is 0. The van der Waals surface area contributed by atoms with E-state index in [1.807, 2.05) is 13.8 Å². The van der Waals surface area contributed by atoms with Gasteiger partial charge in [0.25, 0.3) is 0 Å². The molecule has 0 aliphatic rings. The van der Waals surface area contributed by atoms with Crippen molar-refractivity contribution >= 4 is 5.97 Å². The average molecular weight is 237 g/mol. The fraction of sp³-hybridized carbons (Fsp3) is 0.643. The van der Waals surface area contributed by atoms with Crippen LogP contribution >= 0.6 is 0 Å². The van der Waals surface area contributed by atoms with Gasteiger partial charge in [0.2, 0.25) is 0 Å². The molecule has 17 heavy (non-hydrogen) atoms. The Kier molecular flexibility index (Phi) is 4.79. The van der Waals surface area contributed by atoms with Crippen LogP contribution in [0.2, 0.25) is 0 Å². The van der Waals surface area contributed by atoms with E-state index in [0.717, 1.165) is 18.4 Å². The molecular formula is C14H23NO2. The van der Waals surface area contributed by atoms with E-state index >= 15 is 0 Å². The smallest absolute Gasteiger partial charge is 0.355 e. The maximum Gasteiger partial charge on any atom is 0.355 e. The molecule has 0 aromatic carbocycles. The first-order valence-electron chi connectivity index (χ1n) is 6.38. The molecule has 0 bridgehead atoms. The van der Waals surface area contributed by atoms with Gasteiger partial charge in [0.15, 0.2) is 0 Å². The Morgan fingerprint density at radius 1 is 1.35 bits per heavy atom. The van der Waals surface area contributed by atoms with E-state index in [0.29, 0.717) is 18.2 Å². The Labute approximate surface area is 104 Å². The number of rotatable bonds is 5. The Morgan fingerprint density at radius 2 is 2.00 bits per heavy atom. The van der Waals surface area contributed by atoms with E-state index in [4.69, 9.17) is 4.74 Å². The number of ether oxygens (including phenoxy) is 1. The van der Waals surface area contributed by atoms with E-state index in [2.05, 4.69) is 25.8 Å². The topological polar surface area (TPSA) is 42.1 Å². The van der Waals surface area contributed by atoms with E-state index in [1.165, 1.54) is 11.3 Å². The van der Waals surface area contributed by atoms with Crippen LogP contribution in [-0.4, -0.2) is 17.6 Å². The number of nitrogens with one attached hydrogen (secondary N) is 1. The Balaban J connectivity index is 3.08. The lowest BCUT2D eigenvalue weighted by Crippen LogP contribution is -2.07. The molecule has 1 aromatic heterocycles. The highest BCUT2D eigenvalue weighted by atomic mass is 16.5. The molecule has 0 saturated carbocycles. The normalized spacial score (nSPS) is 10.9. The van der Waals surface area contributed by atoms with Crippen molar-refractivity contribution in [2.24, 2.45) is 5.92 Å². The molecule has 0 aliphatic heterocycles. The average Bonchev–Trinajstić information content (AvgIpc) is 2.54. The van der Waals surface area contributed by atoms with Gasteiger partial charge in [0, 0.05) is 5.69 Å². The minimum absolute atomic E-state index is 0.241. The van der Waals surface area contributed by atoms with Crippen molar-refractivity contribution in [3.63, 3.8) is 0 Å². The van der Waals surface area contributed by atoms with Crippen LogP contribution in [0.4, 0.5) is 0 Å². The van der Waals surface area contributed by atoms with Crippen molar-refractivity contribution in [2.75, 3.05) is 6.61 Å². The maximum absolute atomic E-state index is 11.8. The second-order valence-electron chi connectivity index (χ2n) is 4.75. The third-order valence-electron chi connectivity index (χ3n) is 2.91. The Hall–Kier alpha value is -1.25. The van der Waals surface area contributed by atoms with Crippen molar-refractivity contribution in [3.8, 4) is 0 Å². The first-order valence-corrected chi connectivity index (χ1v) is 6.38. The van der Waals surface area contributed by atoms with Crippen LogP contribution in [0.25, 0.3) is 0 Å². The molecule has 0 unspecified atom stereocenters. The van der Waals surface area contributed by atoms with Gasteiger partial charge in [-0.05, 0) is 43.7 Å². The fourth-order valence-corrected chi connectivity index (χ4v) is 2.17. The van der Waals surface area contributed by atoms with Crippen molar-refractivity contribution in [1.29, 1.82) is 0 Å². The quantitative estimate of drug-likeness (QED) is 0.799. The zero-order valence-corrected chi connectivity index (χ0v) is 11.5. The summed E-state index contributed by atoms with van der Waals surface area (Å²) in [5.41, 5.74) is 4.12. The highest BCUT2D eigenvalue weighted by molar-refractivity contribution is 5.89. The number of carbonyl (C=O) groups is 1. The van der Waals surface area contributed by atoms with Gasteiger partial charge in [-0.25, -0.2) is 4.79 Å². The highest BCUT2D eigenvalue weighted by Crippen LogP contribution is 2.22. The molecule has 0 fully saturated rings. The van der Waals surface area contributed by atoms with Gasteiger partial charge < -0.3 is 9.72 Å². The number of carbonyl (C=O) groups excluding carboxylic acids is 1. The van der Waals surface area contributed by atoms with Gasteiger partial charge in [-0.3, -0.25) is 0 Å². The van der Waals surface area contributed by atoms with Crippen molar-refractivity contribution < 1.29 is 9.53 Å². The van der Waals surface area contributed by atoms with Gasteiger partial charge in [-0.15, -0.1) is 0 Å². The number of aromatic amines is 1. The first kappa shape index (κ1) is 13.8. The lowest BCUT2D eigenvalue weighted by molar-refractivity contribution is 0.0519. The summed E-state index contributed by atoms with van der Waals surface area (Å²) in [6.45, 7) is 10.7. The molecule has 3 nitrogen and oxygen atoms in total. The summed E-state index contributed by atoms with van der Waals surface area (Å²) in [6.07, 6.45) is 1.92. The zero-order valence-electron chi connectivity index (χ0n) is 11.5. The monoisotopic (exact) mass is 237 g/mol. The molecule has 1 aromatic rings. The highest BCUT2D eigenvalue weighted by Gasteiger charge is 2.19. The van der Waals surface area contributed by atoms with Crippen molar-refractivity contribution in [3.05, 3.63) is 22.5 Å². The Morgan fingerprint density at radius 3 is 2.47 bits per heavy atom. The van der Waals surface area contributed by atoms with Crippen LogP contribution in [-0.2, 0) is 17.6 Å². The lowest BCUT2D eigenvalue weighted by atomic mass is 10.0. The number of esters is 1. The largest absolute Gasteiger partial charge is 0.461 e. The third-order valence-corrected chi connectivity index (χ3v) is 2.91. The number of aromatic nitrogens is 1. The molecule has 0 spiro atoms. The van der Waals surface area contributed by atoms with Crippen molar-refractivity contribution in [1.82, 2.24) is 4.98 Å². The summed E-state index contributed by atoms with van der Waals surface area (Å²) >= 11 is 0. The van der Waals surface area contributed by atoms with Crippen LogP contribution in [0, 0.1) is 12.8 Å². The van der Waals surface area contributed by atoms with E-state index < -0.39 is 0 Å². The number of H-pyrrole nitrogens is 1. The van der Waals surface area contributed by atoms with Gasteiger partial charge in [-0.2, -0.15) is 0 Å². The molecule has 0 atom stereocenters. The van der Waals surface area contributed by atoms with E-state index in [9.17, 15) is 4.79 Å². The van der Waals surface area contributed by atoms with Crippen LogP contribution < -0.4 is 0 Å². The third kappa shape index (κ3) is 3.11. The second-order valence-corrected chi connectivity index (χ2v) is 4.75. The molecule has 1 heterocycles. The van der Waals surface area contributed by atoms with Crippen LogP contribution in [0.1, 0.15) is 55.0 Å². The summed E-state index contributed by atoms with van der Waals surface area (Å²) in [5.74, 6) is 0.336. The summed E-state index contributed by atoms with van der Waals surface area (Å²) in [4.78, 5) is 15.0. The predicted octanol–water partition coefficient (Wildman–Crippen LogP) is 3.26. The van der Waals surface area contributed by atoms with E-state index in [-0.39, 0.29) is 5.97 Å². The molecule has 0 radical (unpaired) electrons. The molecule has 1 N–H and O–H groups in total. The fourth-order valence-electron chi connectivity index (χ4n) is 2.17. The summed E-state index contributed by atoms with van der Waals surface area (Å²) in [6, 6.07) is 0. The Bertz CT molecular complexity index is 391. The van der Waals surface area contributed by atoms with Crippen LogP contribution in [0.15, 0.2) is 0 Å². The number of hydrogen-bond donors (Lipinski definition) is 1. The maximum atomic E-state index is 11.8. The molecule has 0 aliphatic carbocycles. The van der Waals surface area contributed by atoms with Gasteiger partial charge in [-0.1, -0.05) is 20.8 Å². The summed E-state index contributed by atoms with van der Waals surface area (Å²) in [5, 5.41) is 0. The van der Waals surface area contributed by atoms with Gasteiger partial charge in [0.1, 0.15) is 5.69 Å². The minimum atomic E-state index is -0.241. The zero-order chi connectivity index (χ0) is 13.0. The van der Waals surface area contributed by atoms with E-state index in [1.54, 1.807) is 0 Å². The number of hydrogen-bond acceptors (Lipinski definition) is 2. The summed E-state index contributed by atoms with van der Waals surface area (Å²) < 4.78 is 5.06. The molecule has 0 amide bonds. The standard InChI is InChI=1S/C14H23NO2/c1-6-11-10(5)13(14(16)17-7-2)15-12(11)8-9(3)4/h9,15H,6-8H2,1-5H3. The van der Waals surface area contributed by atoms with Gasteiger partial charge in [0.05, 0.1) is 6.61 Å².